The van der Waals surface area contributed by atoms with Crippen LogP contribution in [0.3, 0.4) is 0 Å². The van der Waals surface area contributed by atoms with Crippen LogP contribution in [0.4, 0.5) is 0 Å². The summed E-state index contributed by atoms with van der Waals surface area (Å²) in [7, 11) is 0. The van der Waals surface area contributed by atoms with E-state index >= 15 is 0 Å². The molecule has 4 N–H and O–H groups in total. The van der Waals surface area contributed by atoms with Crippen molar-refractivity contribution in [3.8, 4) is 0 Å². The van der Waals surface area contributed by atoms with E-state index < -0.39 is 36.7 Å². The van der Waals surface area contributed by atoms with Gasteiger partial charge in [0.2, 0.25) is 0 Å². The van der Waals surface area contributed by atoms with E-state index in [-0.39, 0.29) is 6.10 Å². The minimum Gasteiger partial charge on any atom is -0.479 e. The van der Waals surface area contributed by atoms with Gasteiger partial charge in [0.1, 0.15) is 18.3 Å². The number of hydrogen-bond acceptors (Lipinski definition) is 6. The van der Waals surface area contributed by atoms with Gasteiger partial charge in [-0.3, -0.25) is 0 Å². The van der Waals surface area contributed by atoms with Crippen LogP contribution in [0.2, 0.25) is 0 Å². The summed E-state index contributed by atoms with van der Waals surface area (Å²) in [6.07, 6.45) is -7.26. The molecule has 0 aromatic heterocycles. The van der Waals surface area contributed by atoms with E-state index in [4.69, 9.17) is 14.6 Å². The molecule has 100 valence electrons. The van der Waals surface area contributed by atoms with Crippen molar-refractivity contribution in [3.05, 3.63) is 0 Å². The largest absolute Gasteiger partial charge is 0.479 e. The summed E-state index contributed by atoms with van der Waals surface area (Å²) in [5, 5.41) is 37.3. The predicted octanol–water partition coefficient (Wildman–Crippen LogP) is -1.31. The molecule has 1 rings (SSSR count). The van der Waals surface area contributed by atoms with Crippen molar-refractivity contribution in [1.29, 1.82) is 0 Å². The van der Waals surface area contributed by atoms with Gasteiger partial charge in [0.05, 0.1) is 6.10 Å². The molecule has 7 heteroatoms. The fraction of sp³-hybridized carbons (Fsp3) is 0.900. The average Bonchev–Trinajstić information content (AvgIpc) is 2.29. The summed E-state index contributed by atoms with van der Waals surface area (Å²) in [4.78, 5) is 10.8. The van der Waals surface area contributed by atoms with Gasteiger partial charge in [-0.25, -0.2) is 4.79 Å². The number of hydrogen-bond donors (Lipinski definition) is 4. The van der Waals surface area contributed by atoms with Crippen LogP contribution < -0.4 is 0 Å². The number of carboxylic acids is 1. The van der Waals surface area contributed by atoms with Crippen molar-refractivity contribution in [2.75, 3.05) is 0 Å². The smallest absolute Gasteiger partial charge is 0.335 e. The molecule has 6 atom stereocenters. The Bertz CT molecular complexity index is 269. The van der Waals surface area contributed by atoms with E-state index in [0.29, 0.717) is 6.42 Å². The molecule has 1 aliphatic heterocycles. The number of carbonyl (C=O) groups is 1. The summed E-state index contributed by atoms with van der Waals surface area (Å²) in [6, 6.07) is 0. The quantitative estimate of drug-likeness (QED) is 0.489. The van der Waals surface area contributed by atoms with Gasteiger partial charge >= 0.3 is 5.97 Å². The second-order valence-electron chi connectivity index (χ2n) is 4.09. The number of aliphatic hydroxyl groups excluding tert-OH is 3. The lowest BCUT2D eigenvalue weighted by Gasteiger charge is -2.39. The zero-order valence-electron chi connectivity index (χ0n) is 9.68. The maximum atomic E-state index is 10.8. The lowest BCUT2D eigenvalue weighted by atomic mass is 9.99. The second kappa shape index (κ2) is 5.74. The Hall–Kier alpha value is -0.730. The van der Waals surface area contributed by atoms with Gasteiger partial charge in [-0.05, 0) is 13.3 Å². The Morgan fingerprint density at radius 2 is 1.88 bits per heavy atom. The zero-order chi connectivity index (χ0) is 13.2. The molecule has 1 aliphatic rings. The maximum Gasteiger partial charge on any atom is 0.335 e. The molecule has 3 unspecified atom stereocenters. The Kier molecular flexibility index (Phi) is 4.84. The molecule has 0 aromatic rings. The van der Waals surface area contributed by atoms with Gasteiger partial charge in [0, 0.05) is 0 Å². The Labute approximate surface area is 98.6 Å². The van der Waals surface area contributed by atoms with Gasteiger partial charge < -0.3 is 29.9 Å². The van der Waals surface area contributed by atoms with Crippen LogP contribution in [-0.4, -0.2) is 63.2 Å². The topological polar surface area (TPSA) is 116 Å². The van der Waals surface area contributed by atoms with Crippen LogP contribution >= 0.6 is 0 Å². The first-order valence-electron chi connectivity index (χ1n) is 5.46. The third kappa shape index (κ3) is 3.14. The third-order valence-corrected chi connectivity index (χ3v) is 2.75. The molecule has 0 aliphatic carbocycles. The van der Waals surface area contributed by atoms with Crippen LogP contribution in [0.25, 0.3) is 0 Å². The average molecular weight is 250 g/mol. The zero-order valence-corrected chi connectivity index (χ0v) is 9.68. The van der Waals surface area contributed by atoms with Crippen LogP contribution in [0.1, 0.15) is 20.3 Å². The number of aliphatic hydroxyl groups is 3. The molecule has 0 spiro atoms. The molecule has 0 amide bonds. The number of aliphatic carboxylic acids is 1. The van der Waals surface area contributed by atoms with Crippen molar-refractivity contribution >= 4 is 5.97 Å². The lowest BCUT2D eigenvalue weighted by Crippen LogP contribution is -2.60. The van der Waals surface area contributed by atoms with Crippen LogP contribution in [0.15, 0.2) is 0 Å². The molecule has 1 heterocycles. The highest BCUT2D eigenvalue weighted by Gasteiger charge is 2.47. The first-order valence-corrected chi connectivity index (χ1v) is 5.46. The molecule has 0 radical (unpaired) electrons. The molecule has 0 saturated carbocycles. The van der Waals surface area contributed by atoms with E-state index in [1.165, 1.54) is 0 Å². The molecular formula is C10H18O7. The van der Waals surface area contributed by atoms with Gasteiger partial charge in [0.15, 0.2) is 12.4 Å². The first-order chi connectivity index (χ1) is 7.88. The second-order valence-corrected chi connectivity index (χ2v) is 4.09. The molecular weight excluding hydrogens is 232 g/mol. The van der Waals surface area contributed by atoms with Crippen LogP contribution in [0.5, 0.6) is 0 Å². The van der Waals surface area contributed by atoms with Gasteiger partial charge in [-0.15, -0.1) is 0 Å². The van der Waals surface area contributed by atoms with E-state index in [1.807, 2.05) is 6.92 Å². The summed E-state index contributed by atoms with van der Waals surface area (Å²) < 4.78 is 10.2. The van der Waals surface area contributed by atoms with Crippen molar-refractivity contribution in [2.24, 2.45) is 0 Å². The Morgan fingerprint density at radius 1 is 1.29 bits per heavy atom. The van der Waals surface area contributed by atoms with E-state index in [2.05, 4.69) is 0 Å². The molecule has 0 bridgehead atoms. The normalized spacial score (nSPS) is 39.9. The maximum absolute atomic E-state index is 10.8. The van der Waals surface area contributed by atoms with Gasteiger partial charge in [-0.2, -0.15) is 0 Å². The highest BCUT2D eigenvalue weighted by atomic mass is 16.7. The van der Waals surface area contributed by atoms with Crippen LogP contribution in [-0.2, 0) is 14.3 Å². The van der Waals surface area contributed by atoms with Crippen molar-refractivity contribution in [2.45, 2.75) is 57.1 Å². The molecule has 1 fully saturated rings. The predicted molar refractivity (Wildman–Crippen MR) is 55.2 cm³/mol. The SMILES string of the molecule is CCC(C)O[C@H]1OC(C(=O)O)[C@@H](O)C(O)[C@@H]1O. The highest BCUT2D eigenvalue weighted by Crippen LogP contribution is 2.23. The van der Waals surface area contributed by atoms with E-state index in [9.17, 15) is 20.1 Å². The number of carboxylic acid groups (broad SMARTS) is 1. The standard InChI is InChI=1S/C10H18O7/c1-3-4(2)16-10-7(13)5(11)6(12)8(17-10)9(14)15/h4-8,10-13H,3H2,1-2H3,(H,14,15)/t4?,5?,6-,7-,8?,10-/m0/s1. The van der Waals surface area contributed by atoms with E-state index in [0.717, 1.165) is 0 Å². The van der Waals surface area contributed by atoms with Gasteiger partial charge in [0.25, 0.3) is 0 Å². The summed E-state index contributed by atoms with van der Waals surface area (Å²) in [5.41, 5.74) is 0. The Balaban J connectivity index is 2.74. The first kappa shape index (κ1) is 14.3. The minimum absolute atomic E-state index is 0.258. The summed E-state index contributed by atoms with van der Waals surface area (Å²) in [5.74, 6) is -1.42. The van der Waals surface area contributed by atoms with E-state index in [1.54, 1.807) is 6.92 Å². The van der Waals surface area contributed by atoms with Crippen molar-refractivity contribution in [1.82, 2.24) is 0 Å². The Morgan fingerprint density at radius 3 is 2.35 bits per heavy atom. The summed E-state index contributed by atoms with van der Waals surface area (Å²) >= 11 is 0. The third-order valence-electron chi connectivity index (χ3n) is 2.75. The fourth-order valence-corrected chi connectivity index (χ4v) is 1.49. The molecule has 1 saturated heterocycles. The monoisotopic (exact) mass is 250 g/mol. The summed E-state index contributed by atoms with van der Waals surface area (Å²) in [6.45, 7) is 3.57. The van der Waals surface area contributed by atoms with Gasteiger partial charge in [-0.1, -0.05) is 6.92 Å². The highest BCUT2D eigenvalue weighted by molar-refractivity contribution is 5.73. The minimum atomic E-state index is -1.68. The number of ether oxygens (including phenoxy) is 2. The van der Waals surface area contributed by atoms with Crippen molar-refractivity contribution < 1.29 is 34.7 Å². The molecule has 0 aromatic carbocycles. The van der Waals surface area contributed by atoms with Crippen LogP contribution in [0, 0.1) is 0 Å². The fourth-order valence-electron chi connectivity index (χ4n) is 1.49. The molecule has 7 nitrogen and oxygen atoms in total. The lowest BCUT2D eigenvalue weighted by molar-refractivity contribution is -0.303. The van der Waals surface area contributed by atoms with Crippen molar-refractivity contribution in [3.63, 3.8) is 0 Å². The number of rotatable bonds is 4. The molecule has 17 heavy (non-hydrogen) atoms.